The Morgan fingerprint density at radius 2 is 2.25 bits per heavy atom. The van der Waals surface area contributed by atoms with Gasteiger partial charge in [0.1, 0.15) is 5.76 Å². The average molecular weight is 276 g/mol. The van der Waals surface area contributed by atoms with Gasteiger partial charge in [-0.15, -0.1) is 0 Å². The van der Waals surface area contributed by atoms with Crippen LogP contribution in [-0.4, -0.2) is 12.0 Å². The molecule has 1 aromatic heterocycles. The van der Waals surface area contributed by atoms with E-state index in [9.17, 15) is 10.1 Å². The number of hydrogen-bond acceptors (Lipinski definition) is 5. The Labute approximate surface area is 116 Å². The van der Waals surface area contributed by atoms with Crippen molar-refractivity contribution in [1.29, 1.82) is 0 Å². The highest BCUT2D eigenvalue weighted by Gasteiger charge is 2.17. The molecule has 0 saturated heterocycles. The van der Waals surface area contributed by atoms with Crippen LogP contribution in [0.4, 0.5) is 11.4 Å². The number of benzene rings is 1. The van der Waals surface area contributed by atoms with Gasteiger partial charge in [0, 0.05) is 11.8 Å². The first kappa shape index (κ1) is 13.9. The monoisotopic (exact) mass is 276 g/mol. The van der Waals surface area contributed by atoms with Crippen LogP contribution in [0, 0.1) is 10.1 Å². The molecule has 20 heavy (non-hydrogen) atoms. The molecule has 1 heterocycles. The zero-order valence-electron chi connectivity index (χ0n) is 11.3. The number of rotatable bonds is 6. The Balaban J connectivity index is 2.25. The molecular formula is C14H16N2O4. The summed E-state index contributed by atoms with van der Waals surface area (Å²) in [4.78, 5) is 10.5. The molecule has 0 spiro atoms. The number of nitrogens with one attached hydrogen (secondary N) is 1. The summed E-state index contributed by atoms with van der Waals surface area (Å²) in [5, 5.41) is 14.2. The van der Waals surface area contributed by atoms with Gasteiger partial charge in [0.05, 0.1) is 24.3 Å². The van der Waals surface area contributed by atoms with Gasteiger partial charge in [-0.1, -0.05) is 6.92 Å². The molecule has 6 nitrogen and oxygen atoms in total. The second-order valence-electron chi connectivity index (χ2n) is 4.26. The van der Waals surface area contributed by atoms with Crippen molar-refractivity contribution >= 4 is 11.4 Å². The van der Waals surface area contributed by atoms with E-state index in [2.05, 4.69) is 5.32 Å². The maximum atomic E-state index is 11.0. The van der Waals surface area contributed by atoms with Gasteiger partial charge in [-0.2, -0.15) is 0 Å². The Morgan fingerprint density at radius 1 is 1.45 bits per heavy atom. The molecular weight excluding hydrogens is 260 g/mol. The predicted octanol–water partition coefficient (Wildman–Crippen LogP) is 3.76. The van der Waals surface area contributed by atoms with E-state index in [4.69, 9.17) is 9.15 Å². The van der Waals surface area contributed by atoms with Gasteiger partial charge in [0.15, 0.2) is 5.75 Å². The second kappa shape index (κ2) is 6.10. The first-order valence-corrected chi connectivity index (χ1v) is 6.28. The van der Waals surface area contributed by atoms with E-state index in [1.807, 2.05) is 19.1 Å². The van der Waals surface area contributed by atoms with Crippen LogP contribution in [-0.2, 0) is 0 Å². The molecule has 1 unspecified atom stereocenters. The first-order valence-electron chi connectivity index (χ1n) is 6.28. The second-order valence-corrected chi connectivity index (χ2v) is 4.26. The molecule has 106 valence electrons. The average Bonchev–Trinajstić information content (AvgIpc) is 2.98. The molecule has 0 bridgehead atoms. The van der Waals surface area contributed by atoms with Crippen molar-refractivity contribution in [2.75, 3.05) is 12.4 Å². The summed E-state index contributed by atoms with van der Waals surface area (Å²) in [6.45, 7) is 2.01. The van der Waals surface area contributed by atoms with E-state index in [0.717, 1.165) is 12.2 Å². The van der Waals surface area contributed by atoms with E-state index in [-0.39, 0.29) is 17.5 Å². The maximum absolute atomic E-state index is 11.0. The van der Waals surface area contributed by atoms with E-state index >= 15 is 0 Å². The van der Waals surface area contributed by atoms with E-state index in [0.29, 0.717) is 5.69 Å². The van der Waals surface area contributed by atoms with Crippen LogP contribution < -0.4 is 10.1 Å². The highest BCUT2D eigenvalue weighted by atomic mass is 16.6. The molecule has 0 aliphatic carbocycles. The molecule has 1 atom stereocenters. The number of nitro groups is 1. The van der Waals surface area contributed by atoms with E-state index in [1.54, 1.807) is 18.4 Å². The summed E-state index contributed by atoms with van der Waals surface area (Å²) < 4.78 is 10.3. The molecule has 0 aliphatic rings. The molecule has 1 N–H and O–H groups in total. The molecule has 0 aliphatic heterocycles. The Hall–Kier alpha value is -2.50. The van der Waals surface area contributed by atoms with Crippen LogP contribution in [0.25, 0.3) is 0 Å². The van der Waals surface area contributed by atoms with Gasteiger partial charge in [0.25, 0.3) is 0 Å². The Morgan fingerprint density at radius 3 is 2.80 bits per heavy atom. The van der Waals surface area contributed by atoms with Crippen LogP contribution in [0.3, 0.4) is 0 Å². The quantitative estimate of drug-likeness (QED) is 0.642. The largest absolute Gasteiger partial charge is 0.490 e. The smallest absolute Gasteiger partial charge is 0.312 e. The summed E-state index contributed by atoms with van der Waals surface area (Å²) in [7, 11) is 1.41. The van der Waals surface area contributed by atoms with Gasteiger partial charge in [-0.25, -0.2) is 0 Å². The fourth-order valence-electron chi connectivity index (χ4n) is 1.99. The highest BCUT2D eigenvalue weighted by Crippen LogP contribution is 2.31. The zero-order chi connectivity index (χ0) is 14.5. The lowest BCUT2D eigenvalue weighted by Crippen LogP contribution is -2.09. The summed E-state index contributed by atoms with van der Waals surface area (Å²) in [5.41, 5.74) is 0.590. The van der Waals surface area contributed by atoms with Crippen LogP contribution in [0.2, 0.25) is 0 Å². The van der Waals surface area contributed by atoms with Gasteiger partial charge < -0.3 is 14.5 Å². The predicted molar refractivity (Wildman–Crippen MR) is 75.0 cm³/mol. The molecule has 0 saturated carbocycles. The van der Waals surface area contributed by atoms with Gasteiger partial charge >= 0.3 is 5.69 Å². The maximum Gasteiger partial charge on any atom is 0.312 e. The summed E-state index contributed by atoms with van der Waals surface area (Å²) in [6, 6.07) is 8.45. The van der Waals surface area contributed by atoms with Crippen molar-refractivity contribution in [3.63, 3.8) is 0 Å². The first-order chi connectivity index (χ1) is 9.65. The van der Waals surface area contributed by atoms with Crippen molar-refractivity contribution in [1.82, 2.24) is 0 Å². The Bertz CT molecular complexity index is 581. The Kier molecular flexibility index (Phi) is 4.24. The van der Waals surface area contributed by atoms with Crippen molar-refractivity contribution in [2.45, 2.75) is 19.4 Å². The summed E-state index contributed by atoms with van der Waals surface area (Å²) in [6.07, 6.45) is 2.41. The van der Waals surface area contributed by atoms with Gasteiger partial charge in [-0.3, -0.25) is 10.1 Å². The van der Waals surface area contributed by atoms with E-state index < -0.39 is 4.92 Å². The highest BCUT2D eigenvalue weighted by molar-refractivity contribution is 5.59. The number of nitrogens with zero attached hydrogens (tertiary/aromatic N) is 1. The molecule has 0 fully saturated rings. The fraction of sp³-hybridized carbons (Fsp3) is 0.286. The van der Waals surface area contributed by atoms with Crippen molar-refractivity contribution < 1.29 is 14.1 Å². The third kappa shape index (κ3) is 2.90. The van der Waals surface area contributed by atoms with Crippen LogP contribution in [0.1, 0.15) is 25.1 Å². The number of methoxy groups -OCH3 is 1. The lowest BCUT2D eigenvalue weighted by Gasteiger charge is -2.16. The third-order valence-electron chi connectivity index (χ3n) is 3.01. The van der Waals surface area contributed by atoms with Crippen LogP contribution in [0.15, 0.2) is 41.0 Å². The molecule has 2 rings (SSSR count). The van der Waals surface area contributed by atoms with Crippen molar-refractivity contribution in [2.24, 2.45) is 0 Å². The minimum atomic E-state index is -0.460. The number of anilines is 1. The minimum absolute atomic E-state index is 0.0296. The zero-order valence-corrected chi connectivity index (χ0v) is 11.3. The number of ether oxygens (including phenoxy) is 1. The van der Waals surface area contributed by atoms with E-state index in [1.165, 1.54) is 13.2 Å². The molecule has 6 heteroatoms. The fourth-order valence-corrected chi connectivity index (χ4v) is 1.99. The van der Waals surface area contributed by atoms with Crippen LogP contribution in [0.5, 0.6) is 5.75 Å². The molecule has 1 aromatic carbocycles. The topological polar surface area (TPSA) is 77.5 Å². The van der Waals surface area contributed by atoms with Crippen molar-refractivity contribution in [3.05, 3.63) is 52.5 Å². The lowest BCUT2D eigenvalue weighted by atomic mass is 10.1. The molecule has 0 amide bonds. The summed E-state index contributed by atoms with van der Waals surface area (Å²) >= 11 is 0. The third-order valence-corrected chi connectivity index (χ3v) is 3.01. The number of nitro benzene ring substituents is 1. The van der Waals surface area contributed by atoms with Crippen molar-refractivity contribution in [3.8, 4) is 5.75 Å². The number of hydrogen-bond donors (Lipinski definition) is 1. The molecule has 0 radical (unpaired) electrons. The van der Waals surface area contributed by atoms with Crippen LogP contribution >= 0.6 is 0 Å². The van der Waals surface area contributed by atoms with Gasteiger partial charge in [-0.05, 0) is 30.7 Å². The van der Waals surface area contributed by atoms with Gasteiger partial charge in [0.2, 0.25) is 0 Å². The SMILES string of the molecule is CCC(Nc1ccc(OC)c([N+](=O)[O-])c1)c1ccco1. The normalized spacial score (nSPS) is 11.9. The summed E-state index contributed by atoms with van der Waals surface area (Å²) in [5.74, 6) is 1.04. The molecule has 2 aromatic rings. The lowest BCUT2D eigenvalue weighted by molar-refractivity contribution is -0.385. The number of furan rings is 1. The standard InChI is InChI=1S/C14H16N2O4/c1-3-11(13-5-4-8-20-13)15-10-6-7-14(19-2)12(9-10)16(17)18/h4-9,11,15H,3H2,1-2H3. The minimum Gasteiger partial charge on any atom is -0.490 e.